The number of ketones is 3. The average Bonchev–Trinajstić information content (AvgIpc) is 3.34. The van der Waals surface area contributed by atoms with Crippen LogP contribution in [-0.2, 0) is 20.0 Å². The number of hydrogen-bond donors (Lipinski definition) is 2. The molecule has 2 N–H and O–H groups in total. The van der Waals surface area contributed by atoms with Crippen LogP contribution in [0.3, 0.4) is 0 Å². The highest BCUT2D eigenvalue weighted by Gasteiger charge is 2.21. The quantitative estimate of drug-likeness (QED) is 0.0547. The maximum atomic E-state index is 13.7. The fourth-order valence-electron chi connectivity index (χ4n) is 6.54. The second-order valence-corrected chi connectivity index (χ2v) is 17.4. The number of anilines is 2. The Morgan fingerprint density at radius 1 is 0.424 bits per heavy atom. The summed E-state index contributed by atoms with van der Waals surface area (Å²) in [5.41, 5.74) is 2.11. The van der Waals surface area contributed by atoms with Crippen LogP contribution in [0.1, 0.15) is 47.8 Å². The van der Waals surface area contributed by atoms with E-state index in [1.54, 1.807) is 36.4 Å². The molecule has 6 aromatic rings. The summed E-state index contributed by atoms with van der Waals surface area (Å²) < 4.78 is 90.9. The zero-order valence-corrected chi connectivity index (χ0v) is 38.1. The Hall–Kier alpha value is -7.89. The van der Waals surface area contributed by atoms with Gasteiger partial charge in [-0.2, -0.15) is 0 Å². The molecule has 340 valence electrons. The van der Waals surface area contributed by atoms with Gasteiger partial charge in [-0.3, -0.25) is 23.8 Å². The highest BCUT2D eigenvalue weighted by molar-refractivity contribution is 7.93. The molecule has 0 unspecified atom stereocenters. The third-order valence-electron chi connectivity index (χ3n) is 9.88. The molecule has 0 saturated heterocycles. The standard InChI is InChI=1S/C49H44N2O13S2/c1-59-43-25-31(26-44(60-2)48(43)63-5)13-23-41(52)33-15-19-37(20-16-33)50-65(55,56)39-11-7-9-35(29-39)47(54)36-10-8-12-40(30-36)66(57,58)51-38-21-17-34(18-22-38)42(53)24-14-32-27-45(61-3)49(64-6)46(28-32)62-4/h7-30,50-51H,1-6H3/b23-13+,24-14+. The Kier molecular flexibility index (Phi) is 15.0. The van der Waals surface area contributed by atoms with Gasteiger partial charge in [-0.05, 0) is 120 Å². The van der Waals surface area contributed by atoms with Crippen LogP contribution in [0.2, 0.25) is 0 Å². The van der Waals surface area contributed by atoms with Gasteiger partial charge in [-0.25, -0.2) is 16.8 Å². The van der Waals surface area contributed by atoms with Gasteiger partial charge in [0.2, 0.25) is 11.5 Å². The molecule has 0 fully saturated rings. The number of benzene rings is 6. The van der Waals surface area contributed by atoms with Crippen LogP contribution in [0, 0.1) is 0 Å². The lowest BCUT2D eigenvalue weighted by molar-refractivity contribution is 0.103. The largest absolute Gasteiger partial charge is 0.493 e. The molecule has 0 amide bonds. The van der Waals surface area contributed by atoms with Crippen LogP contribution in [0.4, 0.5) is 11.4 Å². The number of carbonyl (C=O) groups excluding carboxylic acids is 3. The first-order valence-electron chi connectivity index (χ1n) is 19.7. The van der Waals surface area contributed by atoms with E-state index in [9.17, 15) is 31.2 Å². The molecule has 0 aliphatic carbocycles. The molecule has 0 aliphatic heterocycles. The zero-order valence-electron chi connectivity index (χ0n) is 36.5. The van der Waals surface area contributed by atoms with Crippen LogP contribution in [0.5, 0.6) is 34.5 Å². The van der Waals surface area contributed by atoms with Crippen molar-refractivity contribution >= 4 is 60.9 Å². The van der Waals surface area contributed by atoms with E-state index in [4.69, 9.17) is 28.4 Å². The Labute approximate surface area is 382 Å². The molecule has 0 atom stereocenters. The van der Waals surface area contributed by atoms with Gasteiger partial charge in [0.15, 0.2) is 40.3 Å². The monoisotopic (exact) mass is 932 g/mol. The van der Waals surface area contributed by atoms with E-state index in [0.717, 1.165) is 0 Å². The van der Waals surface area contributed by atoms with Crippen molar-refractivity contribution in [1.82, 2.24) is 0 Å². The fourth-order valence-corrected chi connectivity index (χ4v) is 8.75. The van der Waals surface area contributed by atoms with E-state index < -0.39 is 25.8 Å². The van der Waals surface area contributed by atoms with Gasteiger partial charge >= 0.3 is 0 Å². The second-order valence-electron chi connectivity index (χ2n) is 14.1. The summed E-state index contributed by atoms with van der Waals surface area (Å²) in [4.78, 5) is 39.1. The third-order valence-corrected chi connectivity index (χ3v) is 12.6. The van der Waals surface area contributed by atoms with Gasteiger partial charge in [-0.15, -0.1) is 0 Å². The van der Waals surface area contributed by atoms with Crippen molar-refractivity contribution < 1.29 is 59.6 Å². The van der Waals surface area contributed by atoms with Gasteiger partial charge in [0.05, 0.1) is 52.4 Å². The van der Waals surface area contributed by atoms with E-state index >= 15 is 0 Å². The Morgan fingerprint density at radius 2 is 0.758 bits per heavy atom. The van der Waals surface area contributed by atoms with Gasteiger partial charge in [-0.1, -0.05) is 36.4 Å². The summed E-state index contributed by atoms with van der Waals surface area (Å²) >= 11 is 0. The number of carbonyl (C=O) groups is 3. The molecule has 66 heavy (non-hydrogen) atoms. The van der Waals surface area contributed by atoms with Gasteiger partial charge in [0, 0.05) is 33.6 Å². The number of ether oxygens (including phenoxy) is 6. The van der Waals surface area contributed by atoms with Crippen LogP contribution < -0.4 is 37.9 Å². The Balaban J connectivity index is 1.10. The average molecular weight is 933 g/mol. The van der Waals surface area contributed by atoms with Gasteiger partial charge in [0.1, 0.15) is 0 Å². The van der Waals surface area contributed by atoms with Crippen molar-refractivity contribution in [3.8, 4) is 34.5 Å². The zero-order chi connectivity index (χ0) is 47.6. The maximum absolute atomic E-state index is 13.7. The molecular weight excluding hydrogens is 889 g/mol. The lowest BCUT2D eigenvalue weighted by Gasteiger charge is -2.12. The van der Waals surface area contributed by atoms with Crippen molar-refractivity contribution in [1.29, 1.82) is 0 Å². The van der Waals surface area contributed by atoms with Crippen LogP contribution >= 0.6 is 0 Å². The predicted molar refractivity (Wildman–Crippen MR) is 250 cm³/mol. The molecule has 0 heterocycles. The molecule has 15 nitrogen and oxygen atoms in total. The highest BCUT2D eigenvalue weighted by atomic mass is 32.2. The van der Waals surface area contributed by atoms with E-state index in [1.807, 2.05) is 0 Å². The number of sulfonamides is 2. The molecule has 0 saturated carbocycles. The van der Waals surface area contributed by atoms with E-state index in [2.05, 4.69) is 9.44 Å². The summed E-state index contributed by atoms with van der Waals surface area (Å²) in [6, 6.07) is 28.9. The Morgan fingerprint density at radius 3 is 1.06 bits per heavy atom. The number of nitrogens with one attached hydrogen (secondary N) is 2. The highest BCUT2D eigenvalue weighted by Crippen LogP contribution is 2.39. The molecule has 0 aliphatic rings. The first kappa shape index (κ1) is 47.6. The Bertz CT molecular complexity index is 2820. The lowest BCUT2D eigenvalue weighted by atomic mass is 10.0. The summed E-state index contributed by atoms with van der Waals surface area (Å²) in [6.45, 7) is 0. The lowest BCUT2D eigenvalue weighted by Crippen LogP contribution is -2.15. The molecule has 6 rings (SSSR count). The van der Waals surface area contributed by atoms with E-state index in [-0.39, 0.29) is 55.0 Å². The van der Waals surface area contributed by atoms with Crippen molar-refractivity contribution in [2.24, 2.45) is 0 Å². The minimum Gasteiger partial charge on any atom is -0.493 e. The molecule has 0 radical (unpaired) electrons. The van der Waals surface area contributed by atoms with Crippen LogP contribution in [0.15, 0.2) is 143 Å². The minimum absolute atomic E-state index is 0.0141. The molecule has 17 heteroatoms. The van der Waals surface area contributed by atoms with Crippen LogP contribution in [0.25, 0.3) is 12.2 Å². The van der Waals surface area contributed by atoms with Gasteiger partial charge < -0.3 is 28.4 Å². The number of methoxy groups -OCH3 is 6. The molecule has 0 spiro atoms. The summed E-state index contributed by atoms with van der Waals surface area (Å²) in [6.07, 6.45) is 5.88. The summed E-state index contributed by atoms with van der Waals surface area (Å²) in [7, 11) is 0.446. The van der Waals surface area contributed by atoms with Crippen molar-refractivity contribution in [3.63, 3.8) is 0 Å². The molecule has 0 bridgehead atoms. The third kappa shape index (κ3) is 11.1. The van der Waals surface area contributed by atoms with E-state index in [0.29, 0.717) is 45.6 Å². The summed E-state index contributed by atoms with van der Waals surface area (Å²) in [5.74, 6) is 1.16. The fraction of sp³-hybridized carbons (Fsp3) is 0.122. The first-order valence-corrected chi connectivity index (χ1v) is 22.7. The van der Waals surface area contributed by atoms with Crippen LogP contribution in [-0.4, -0.2) is 76.8 Å². The predicted octanol–water partition coefficient (Wildman–Crippen LogP) is 8.36. The summed E-state index contributed by atoms with van der Waals surface area (Å²) in [5, 5.41) is 0. The number of allylic oxidation sites excluding steroid dienone is 2. The van der Waals surface area contributed by atoms with E-state index in [1.165, 1.54) is 152 Å². The number of rotatable bonds is 20. The van der Waals surface area contributed by atoms with Crippen molar-refractivity contribution in [3.05, 3.63) is 167 Å². The normalized spacial score (nSPS) is 11.5. The van der Waals surface area contributed by atoms with Crippen molar-refractivity contribution in [2.45, 2.75) is 9.79 Å². The first-order chi connectivity index (χ1) is 31.6. The molecular formula is C49H44N2O13S2. The van der Waals surface area contributed by atoms with Crippen molar-refractivity contribution in [2.75, 3.05) is 52.1 Å². The SMILES string of the molecule is COc1cc(/C=C/C(=O)c2ccc(NS(=O)(=O)c3cccc(C(=O)c4cccc(S(=O)(=O)Nc5ccc(C(=O)/C=C/c6cc(OC)c(OC)c(OC)c6)cc5)c4)c3)cc2)cc(OC)c1OC. The maximum Gasteiger partial charge on any atom is 0.261 e. The topological polar surface area (TPSA) is 199 Å². The van der Waals surface area contributed by atoms with Gasteiger partial charge in [0.25, 0.3) is 20.0 Å². The molecule has 0 aromatic heterocycles. The number of hydrogen-bond acceptors (Lipinski definition) is 13. The minimum atomic E-state index is -4.23. The smallest absolute Gasteiger partial charge is 0.261 e. The second kappa shape index (κ2) is 20.7. The molecule has 6 aromatic carbocycles.